The van der Waals surface area contributed by atoms with Gasteiger partial charge < -0.3 is 9.88 Å². The average molecular weight is 410 g/mol. The zero-order valence-corrected chi connectivity index (χ0v) is 17.3. The van der Waals surface area contributed by atoms with Crippen molar-refractivity contribution in [1.29, 1.82) is 0 Å². The lowest BCUT2D eigenvalue weighted by molar-refractivity contribution is 0.578. The molecule has 0 spiro atoms. The lowest BCUT2D eigenvalue weighted by Crippen LogP contribution is -2.29. The number of nitrogens with zero attached hydrogens (tertiary/aromatic N) is 6. The van der Waals surface area contributed by atoms with Gasteiger partial charge in [0.15, 0.2) is 11.5 Å². The number of pyridine rings is 3. The smallest absolute Gasteiger partial charge is 0.180 e. The van der Waals surface area contributed by atoms with E-state index in [-0.39, 0.29) is 0 Å². The van der Waals surface area contributed by atoms with E-state index in [1.54, 1.807) is 6.20 Å². The molecule has 5 aromatic rings. The summed E-state index contributed by atoms with van der Waals surface area (Å²) >= 11 is 0. The van der Waals surface area contributed by atoms with Gasteiger partial charge >= 0.3 is 0 Å². The largest absolute Gasteiger partial charge is 0.370 e. The van der Waals surface area contributed by atoms with Crippen LogP contribution in [0.5, 0.6) is 0 Å². The van der Waals surface area contributed by atoms with Gasteiger partial charge in [-0.15, -0.1) is 0 Å². The molecule has 0 radical (unpaired) electrons. The van der Waals surface area contributed by atoms with Gasteiger partial charge in [0.2, 0.25) is 0 Å². The van der Waals surface area contributed by atoms with Crippen molar-refractivity contribution >= 4 is 27.8 Å². The zero-order chi connectivity index (χ0) is 20.8. The molecule has 6 rings (SSSR count). The van der Waals surface area contributed by atoms with Crippen LogP contribution in [0.25, 0.3) is 44.8 Å². The number of imidazole rings is 1. The number of fused-ring (bicyclic) bond motifs is 2. The summed E-state index contributed by atoms with van der Waals surface area (Å²) in [7, 11) is 0. The number of aromatic nitrogens is 7. The second kappa shape index (κ2) is 7.16. The van der Waals surface area contributed by atoms with Crippen LogP contribution in [0.2, 0.25) is 0 Å². The molecule has 0 saturated carbocycles. The first-order chi connectivity index (χ1) is 15.3. The number of nitrogens with one attached hydrogen (secondary N) is 2. The van der Waals surface area contributed by atoms with Gasteiger partial charge in [0, 0.05) is 42.6 Å². The molecule has 0 aromatic carbocycles. The third kappa shape index (κ3) is 3.02. The van der Waals surface area contributed by atoms with E-state index in [4.69, 9.17) is 4.98 Å². The van der Waals surface area contributed by atoms with Gasteiger partial charge in [-0.2, -0.15) is 5.10 Å². The number of aromatic amines is 2. The van der Waals surface area contributed by atoms with E-state index in [1.807, 2.05) is 30.7 Å². The fourth-order valence-electron chi connectivity index (χ4n) is 4.39. The molecular formula is C23H22N8. The Kier molecular flexibility index (Phi) is 4.15. The van der Waals surface area contributed by atoms with Gasteiger partial charge in [-0.1, -0.05) is 0 Å². The Balaban J connectivity index is 1.47. The minimum absolute atomic E-state index is 0.707. The molecule has 154 valence electrons. The van der Waals surface area contributed by atoms with Crippen LogP contribution in [0.1, 0.15) is 24.8 Å². The van der Waals surface area contributed by atoms with Crippen LogP contribution >= 0.6 is 0 Å². The van der Waals surface area contributed by atoms with Crippen molar-refractivity contribution < 1.29 is 0 Å². The summed E-state index contributed by atoms with van der Waals surface area (Å²) in [6, 6.07) is 6.11. The van der Waals surface area contributed by atoms with Crippen LogP contribution < -0.4 is 4.90 Å². The van der Waals surface area contributed by atoms with Crippen LogP contribution in [0, 0.1) is 6.92 Å². The van der Waals surface area contributed by atoms with Crippen molar-refractivity contribution in [2.24, 2.45) is 0 Å². The molecule has 8 nitrogen and oxygen atoms in total. The molecule has 0 bridgehead atoms. The maximum atomic E-state index is 4.77. The molecular weight excluding hydrogens is 388 g/mol. The summed E-state index contributed by atoms with van der Waals surface area (Å²) in [6.07, 6.45) is 11.0. The third-order valence-corrected chi connectivity index (χ3v) is 6.05. The standard InChI is InChI=1S/C23H22N8/c1-14-5-7-24-12-16(14)17-11-15-18(13-26-17)29-30-20(15)23-27-21-19(6-8-25-22(21)28-23)31-9-3-2-4-10-31/h5-8,11-13H,2-4,9-10H2,1H3,(H,29,30)(H,25,27,28). The highest BCUT2D eigenvalue weighted by molar-refractivity contribution is 5.96. The van der Waals surface area contributed by atoms with E-state index < -0.39 is 0 Å². The van der Waals surface area contributed by atoms with Gasteiger partial charge in [0.1, 0.15) is 11.2 Å². The van der Waals surface area contributed by atoms with Crippen molar-refractivity contribution in [2.45, 2.75) is 26.2 Å². The molecule has 1 saturated heterocycles. The van der Waals surface area contributed by atoms with Gasteiger partial charge in [-0.05, 0) is 49.9 Å². The Morgan fingerprint density at radius 1 is 1.00 bits per heavy atom. The first-order valence-electron chi connectivity index (χ1n) is 10.6. The Bertz CT molecular complexity index is 1390. The first kappa shape index (κ1) is 18.0. The summed E-state index contributed by atoms with van der Waals surface area (Å²) < 4.78 is 0. The topological polar surface area (TPSA) is 99.3 Å². The second-order valence-electron chi connectivity index (χ2n) is 8.04. The van der Waals surface area contributed by atoms with Crippen LogP contribution in [0.15, 0.2) is 43.0 Å². The SMILES string of the molecule is Cc1ccncc1-c1cc2c(-c3nc4nccc(N5CCCCC5)c4[nH]3)n[nH]c2cn1. The van der Waals surface area contributed by atoms with Gasteiger partial charge in [-0.3, -0.25) is 15.1 Å². The van der Waals surface area contributed by atoms with Crippen LogP contribution in [-0.4, -0.2) is 48.2 Å². The fraction of sp³-hybridized carbons (Fsp3) is 0.261. The summed E-state index contributed by atoms with van der Waals surface area (Å²) in [6.45, 7) is 4.20. The average Bonchev–Trinajstić information content (AvgIpc) is 3.43. The molecule has 0 atom stereocenters. The molecule has 0 unspecified atom stereocenters. The highest BCUT2D eigenvalue weighted by atomic mass is 15.2. The van der Waals surface area contributed by atoms with Crippen LogP contribution in [0.3, 0.4) is 0 Å². The molecule has 8 heteroatoms. The van der Waals surface area contributed by atoms with E-state index in [1.165, 1.54) is 19.3 Å². The number of rotatable bonds is 3. The minimum atomic E-state index is 0.707. The summed E-state index contributed by atoms with van der Waals surface area (Å²) in [5.74, 6) is 0.707. The molecule has 1 aliphatic rings. The molecule has 1 aliphatic heterocycles. The number of H-pyrrole nitrogens is 2. The van der Waals surface area contributed by atoms with Crippen molar-refractivity contribution in [2.75, 3.05) is 18.0 Å². The number of hydrogen-bond donors (Lipinski definition) is 2. The molecule has 0 aliphatic carbocycles. The Morgan fingerprint density at radius 2 is 1.90 bits per heavy atom. The van der Waals surface area contributed by atoms with Gasteiger partial charge in [0.05, 0.1) is 23.1 Å². The van der Waals surface area contributed by atoms with Gasteiger partial charge in [0.25, 0.3) is 0 Å². The number of hydrogen-bond acceptors (Lipinski definition) is 6. The fourth-order valence-corrected chi connectivity index (χ4v) is 4.39. The molecule has 31 heavy (non-hydrogen) atoms. The number of aryl methyl sites for hydroxylation is 1. The molecule has 5 aromatic heterocycles. The number of piperidine rings is 1. The van der Waals surface area contributed by atoms with Crippen LogP contribution in [-0.2, 0) is 0 Å². The van der Waals surface area contributed by atoms with Crippen molar-refractivity contribution in [3.63, 3.8) is 0 Å². The summed E-state index contributed by atoms with van der Waals surface area (Å²) in [5.41, 5.74) is 7.48. The molecule has 0 amide bonds. The molecule has 1 fully saturated rings. The maximum Gasteiger partial charge on any atom is 0.180 e. The zero-order valence-electron chi connectivity index (χ0n) is 17.3. The second-order valence-corrected chi connectivity index (χ2v) is 8.04. The normalized spacial score (nSPS) is 14.5. The first-order valence-corrected chi connectivity index (χ1v) is 10.6. The summed E-state index contributed by atoms with van der Waals surface area (Å²) in [5, 5.41) is 8.59. The lowest BCUT2D eigenvalue weighted by Gasteiger charge is -2.28. The van der Waals surface area contributed by atoms with E-state index in [0.29, 0.717) is 11.5 Å². The summed E-state index contributed by atoms with van der Waals surface area (Å²) in [4.78, 5) is 24.0. The van der Waals surface area contributed by atoms with Crippen LogP contribution in [0.4, 0.5) is 5.69 Å². The monoisotopic (exact) mass is 410 g/mol. The van der Waals surface area contributed by atoms with E-state index in [9.17, 15) is 0 Å². The van der Waals surface area contributed by atoms with Crippen molar-refractivity contribution in [3.05, 3.63) is 48.5 Å². The molecule has 2 N–H and O–H groups in total. The maximum absolute atomic E-state index is 4.77. The Morgan fingerprint density at radius 3 is 2.77 bits per heavy atom. The van der Waals surface area contributed by atoms with E-state index >= 15 is 0 Å². The predicted molar refractivity (Wildman–Crippen MR) is 121 cm³/mol. The molecule has 6 heterocycles. The van der Waals surface area contributed by atoms with Crippen molar-refractivity contribution in [3.8, 4) is 22.8 Å². The highest BCUT2D eigenvalue weighted by Crippen LogP contribution is 2.32. The Hall–Kier alpha value is -3.81. The van der Waals surface area contributed by atoms with Crippen molar-refractivity contribution in [1.82, 2.24) is 35.1 Å². The number of anilines is 1. The van der Waals surface area contributed by atoms with Gasteiger partial charge in [-0.25, -0.2) is 9.97 Å². The Labute approximate surface area is 178 Å². The third-order valence-electron chi connectivity index (χ3n) is 6.05. The van der Waals surface area contributed by atoms with E-state index in [2.05, 4.69) is 48.0 Å². The lowest BCUT2D eigenvalue weighted by atomic mass is 10.1. The van der Waals surface area contributed by atoms with E-state index in [0.717, 1.165) is 57.7 Å². The minimum Gasteiger partial charge on any atom is -0.370 e. The quantitative estimate of drug-likeness (QED) is 0.461. The predicted octanol–water partition coefficient (Wildman–Crippen LogP) is 4.26. The highest BCUT2D eigenvalue weighted by Gasteiger charge is 2.19.